The monoisotopic (exact) mass is 295 g/mol. The molecule has 0 aromatic carbocycles. The second-order valence-electron chi connectivity index (χ2n) is 4.21. The summed E-state index contributed by atoms with van der Waals surface area (Å²) in [6.45, 7) is 5.95. The topological polar surface area (TPSA) is 74.7 Å². The fourth-order valence-corrected chi connectivity index (χ4v) is 1.98. The van der Waals surface area contributed by atoms with Crippen LogP contribution in [0.4, 0.5) is 0 Å². The molecule has 6 heteroatoms. The fraction of sp³-hybridized carbons (Fsp3) is 0.533. The summed E-state index contributed by atoms with van der Waals surface area (Å²) in [5, 5.41) is 0. The summed E-state index contributed by atoms with van der Waals surface area (Å²) >= 11 is 0. The van der Waals surface area contributed by atoms with E-state index in [2.05, 4.69) is 4.98 Å². The molecule has 116 valence electrons. The third kappa shape index (κ3) is 4.01. The Morgan fingerprint density at radius 2 is 1.71 bits per heavy atom. The number of carbonyl (C=O) groups excluding carboxylic acids is 2. The molecule has 21 heavy (non-hydrogen) atoms. The number of hydrogen-bond acceptors (Lipinski definition) is 6. The van der Waals surface area contributed by atoms with Crippen LogP contribution in [0.3, 0.4) is 0 Å². The first-order chi connectivity index (χ1) is 10.1. The van der Waals surface area contributed by atoms with Crippen molar-refractivity contribution in [3.8, 4) is 0 Å². The lowest BCUT2D eigenvalue weighted by molar-refractivity contribution is 0.0469. The Morgan fingerprint density at radius 1 is 1.10 bits per heavy atom. The lowest BCUT2D eigenvalue weighted by Gasteiger charge is -2.15. The van der Waals surface area contributed by atoms with E-state index in [0.717, 1.165) is 5.56 Å². The minimum atomic E-state index is -0.638. The number of aryl methyl sites for hydroxylation is 1. The van der Waals surface area contributed by atoms with Gasteiger partial charge in [-0.1, -0.05) is 6.92 Å². The van der Waals surface area contributed by atoms with Crippen molar-refractivity contribution in [2.75, 3.05) is 20.3 Å². The van der Waals surface area contributed by atoms with Crippen LogP contribution in [0.2, 0.25) is 0 Å². The smallest absolute Gasteiger partial charge is 0.357 e. The average Bonchev–Trinajstić information content (AvgIpc) is 2.47. The summed E-state index contributed by atoms with van der Waals surface area (Å²) in [6.07, 6.45) is 2.24. The Balaban J connectivity index is 3.45. The number of rotatable bonds is 7. The molecule has 6 nitrogen and oxygen atoms in total. The molecule has 0 saturated carbocycles. The zero-order valence-electron chi connectivity index (χ0n) is 12.9. The Labute approximate surface area is 124 Å². The molecule has 0 saturated heterocycles. The predicted molar refractivity (Wildman–Crippen MR) is 76.2 cm³/mol. The van der Waals surface area contributed by atoms with E-state index < -0.39 is 11.9 Å². The van der Waals surface area contributed by atoms with Crippen LogP contribution in [-0.4, -0.2) is 37.2 Å². The van der Waals surface area contributed by atoms with E-state index in [0.29, 0.717) is 12.0 Å². The highest BCUT2D eigenvalue weighted by atomic mass is 16.5. The second-order valence-corrected chi connectivity index (χ2v) is 4.21. The van der Waals surface area contributed by atoms with Crippen molar-refractivity contribution in [1.82, 2.24) is 4.98 Å². The van der Waals surface area contributed by atoms with Crippen LogP contribution in [0.5, 0.6) is 0 Å². The van der Waals surface area contributed by atoms with Crippen LogP contribution in [0.25, 0.3) is 0 Å². The third-order valence-electron chi connectivity index (χ3n) is 2.89. The molecule has 1 rings (SSSR count). The van der Waals surface area contributed by atoms with Gasteiger partial charge in [0, 0.05) is 13.3 Å². The highest BCUT2D eigenvalue weighted by Gasteiger charge is 2.26. The normalized spacial score (nSPS) is 10.3. The molecule has 0 aliphatic rings. The number of aromatic nitrogens is 1. The van der Waals surface area contributed by atoms with Gasteiger partial charge in [0.2, 0.25) is 0 Å². The summed E-state index contributed by atoms with van der Waals surface area (Å²) in [5.74, 6) is -1.23. The van der Waals surface area contributed by atoms with Gasteiger partial charge in [-0.05, 0) is 31.4 Å². The van der Waals surface area contributed by atoms with Gasteiger partial charge in [0.25, 0.3) is 0 Å². The molecule has 1 aromatic heterocycles. The number of methoxy groups -OCH3 is 1. The average molecular weight is 295 g/mol. The number of nitrogens with zero attached hydrogens (tertiary/aromatic N) is 1. The molecule has 0 fully saturated rings. The van der Waals surface area contributed by atoms with E-state index >= 15 is 0 Å². The molecule has 1 heterocycles. The standard InChI is InChI=1S/C15H21NO5/c1-5-10-8-16-13(15(18)21-7-3)12(11(10)9-19-4)14(17)20-6-2/h8H,5-7,9H2,1-4H3. The summed E-state index contributed by atoms with van der Waals surface area (Å²) < 4.78 is 15.1. The largest absolute Gasteiger partial charge is 0.462 e. The maximum Gasteiger partial charge on any atom is 0.357 e. The van der Waals surface area contributed by atoms with Gasteiger partial charge >= 0.3 is 11.9 Å². The molecule has 1 aromatic rings. The van der Waals surface area contributed by atoms with Crippen molar-refractivity contribution >= 4 is 11.9 Å². The zero-order valence-corrected chi connectivity index (χ0v) is 12.9. The highest BCUT2D eigenvalue weighted by Crippen LogP contribution is 2.21. The van der Waals surface area contributed by atoms with E-state index in [1.807, 2.05) is 6.92 Å². The molecule has 0 radical (unpaired) electrons. The number of hydrogen-bond donors (Lipinski definition) is 0. The number of carbonyl (C=O) groups is 2. The third-order valence-corrected chi connectivity index (χ3v) is 2.89. The van der Waals surface area contributed by atoms with Gasteiger partial charge in [0.15, 0.2) is 5.69 Å². The Kier molecular flexibility index (Phi) is 6.81. The van der Waals surface area contributed by atoms with Crippen molar-refractivity contribution in [2.45, 2.75) is 33.8 Å². The molecule has 0 aliphatic carbocycles. The van der Waals surface area contributed by atoms with Gasteiger partial charge < -0.3 is 14.2 Å². The van der Waals surface area contributed by atoms with Gasteiger partial charge in [-0.25, -0.2) is 14.6 Å². The van der Waals surface area contributed by atoms with Crippen LogP contribution in [0.1, 0.15) is 52.7 Å². The minimum absolute atomic E-state index is 0.0282. The lowest BCUT2D eigenvalue weighted by atomic mass is 10.00. The summed E-state index contributed by atoms with van der Waals surface area (Å²) in [5.41, 5.74) is 1.57. The molecule has 0 aliphatic heterocycles. The predicted octanol–water partition coefficient (Wildman–Crippen LogP) is 2.14. The van der Waals surface area contributed by atoms with Crippen molar-refractivity contribution in [1.29, 1.82) is 0 Å². The fourth-order valence-electron chi connectivity index (χ4n) is 1.98. The van der Waals surface area contributed by atoms with Gasteiger partial charge in [0.1, 0.15) is 0 Å². The first-order valence-electron chi connectivity index (χ1n) is 6.94. The van der Waals surface area contributed by atoms with E-state index in [1.54, 1.807) is 20.0 Å². The Hall–Kier alpha value is -1.95. The van der Waals surface area contributed by atoms with E-state index in [-0.39, 0.29) is 31.1 Å². The molecule has 0 atom stereocenters. The molecular weight excluding hydrogens is 274 g/mol. The zero-order chi connectivity index (χ0) is 15.8. The van der Waals surface area contributed by atoms with Crippen molar-refractivity contribution in [2.24, 2.45) is 0 Å². The maximum atomic E-state index is 12.2. The van der Waals surface area contributed by atoms with Crippen LogP contribution >= 0.6 is 0 Å². The van der Waals surface area contributed by atoms with Crippen molar-refractivity contribution < 1.29 is 23.8 Å². The molecule has 0 unspecified atom stereocenters. The number of esters is 2. The Morgan fingerprint density at radius 3 is 2.24 bits per heavy atom. The van der Waals surface area contributed by atoms with Gasteiger partial charge in [-0.3, -0.25) is 0 Å². The van der Waals surface area contributed by atoms with E-state index in [9.17, 15) is 9.59 Å². The molecular formula is C15H21NO5. The molecule has 0 N–H and O–H groups in total. The molecule has 0 spiro atoms. The first-order valence-corrected chi connectivity index (χ1v) is 6.94. The van der Waals surface area contributed by atoms with Gasteiger partial charge in [0.05, 0.1) is 25.4 Å². The maximum absolute atomic E-state index is 12.2. The second kappa shape index (κ2) is 8.36. The van der Waals surface area contributed by atoms with Crippen LogP contribution in [0, 0.1) is 0 Å². The van der Waals surface area contributed by atoms with E-state index in [4.69, 9.17) is 14.2 Å². The van der Waals surface area contributed by atoms with Gasteiger partial charge in [-0.2, -0.15) is 0 Å². The highest BCUT2D eigenvalue weighted by molar-refractivity contribution is 6.03. The summed E-state index contributed by atoms with van der Waals surface area (Å²) in [6, 6.07) is 0. The van der Waals surface area contributed by atoms with E-state index in [1.165, 1.54) is 7.11 Å². The SMILES string of the molecule is CCOC(=O)c1ncc(CC)c(COC)c1C(=O)OCC. The summed E-state index contributed by atoms with van der Waals surface area (Å²) in [7, 11) is 1.53. The van der Waals surface area contributed by atoms with Gasteiger partial charge in [-0.15, -0.1) is 0 Å². The molecule has 0 bridgehead atoms. The van der Waals surface area contributed by atoms with Crippen LogP contribution in [0.15, 0.2) is 6.20 Å². The Bertz CT molecular complexity index is 513. The lowest BCUT2D eigenvalue weighted by Crippen LogP contribution is -2.20. The first kappa shape index (κ1) is 17.1. The van der Waals surface area contributed by atoms with Crippen molar-refractivity contribution in [3.63, 3.8) is 0 Å². The number of pyridine rings is 1. The van der Waals surface area contributed by atoms with Crippen molar-refractivity contribution in [3.05, 3.63) is 28.6 Å². The molecule has 0 amide bonds. The minimum Gasteiger partial charge on any atom is -0.462 e. The number of ether oxygens (including phenoxy) is 3. The van der Waals surface area contributed by atoms with Crippen LogP contribution in [-0.2, 0) is 27.2 Å². The quantitative estimate of drug-likeness (QED) is 0.717. The van der Waals surface area contributed by atoms with Crippen LogP contribution < -0.4 is 0 Å². The summed E-state index contributed by atoms with van der Waals surface area (Å²) in [4.78, 5) is 28.3.